The number of aryl methyl sites for hydroxylation is 1. The minimum absolute atomic E-state index is 0.376. The third-order valence-corrected chi connectivity index (χ3v) is 7.59. The molecule has 0 radical (unpaired) electrons. The molecule has 0 amide bonds. The molecule has 0 saturated heterocycles. The maximum Gasteiger partial charge on any atom is 0.240 e. The first kappa shape index (κ1) is 18.3. The van der Waals surface area contributed by atoms with Gasteiger partial charge in [0, 0.05) is 16.3 Å². The van der Waals surface area contributed by atoms with Crippen LogP contribution in [0.4, 0.5) is 0 Å². The molecule has 3 aromatic carbocycles. The van der Waals surface area contributed by atoms with Crippen LogP contribution in [0.1, 0.15) is 22.3 Å². The second-order valence-electron chi connectivity index (χ2n) is 6.75. The standard InChI is InChI=1S/C22H21NO2S2/c1-16-13-19-14-18-9-5-6-10-20(18)26-21(19)15-22(16)27(24,25)23-12-11-17-7-3-2-4-8-17/h2-10,13,15,23H,11-12,14H2,1H3. The van der Waals surface area contributed by atoms with E-state index in [0.717, 1.165) is 22.4 Å². The Labute approximate surface area is 164 Å². The SMILES string of the molecule is Cc1cc2c(cc1S(=O)(=O)NCCc1ccccc1)Sc1ccccc1C2. The van der Waals surface area contributed by atoms with Crippen LogP contribution in [-0.2, 0) is 22.9 Å². The average Bonchev–Trinajstić information content (AvgIpc) is 2.66. The normalized spacial score (nSPS) is 13.1. The number of fused-ring (bicyclic) bond motifs is 2. The number of rotatable bonds is 5. The van der Waals surface area contributed by atoms with Crippen molar-refractivity contribution in [2.75, 3.05) is 6.54 Å². The van der Waals surface area contributed by atoms with E-state index in [-0.39, 0.29) is 0 Å². The molecule has 138 valence electrons. The Morgan fingerprint density at radius 2 is 1.67 bits per heavy atom. The van der Waals surface area contributed by atoms with Crippen molar-refractivity contribution in [3.8, 4) is 0 Å². The lowest BCUT2D eigenvalue weighted by molar-refractivity contribution is 0.580. The molecule has 0 spiro atoms. The van der Waals surface area contributed by atoms with Crippen LogP contribution in [0.3, 0.4) is 0 Å². The van der Waals surface area contributed by atoms with Crippen LogP contribution in [-0.4, -0.2) is 15.0 Å². The lowest BCUT2D eigenvalue weighted by Crippen LogP contribution is -2.27. The first-order valence-corrected chi connectivity index (χ1v) is 11.3. The molecule has 27 heavy (non-hydrogen) atoms. The Morgan fingerprint density at radius 3 is 2.48 bits per heavy atom. The van der Waals surface area contributed by atoms with Crippen molar-refractivity contribution in [1.82, 2.24) is 4.72 Å². The van der Waals surface area contributed by atoms with Gasteiger partial charge in [-0.05, 0) is 54.2 Å². The molecular formula is C22H21NO2S2. The predicted molar refractivity (Wildman–Crippen MR) is 110 cm³/mol. The highest BCUT2D eigenvalue weighted by Crippen LogP contribution is 2.41. The molecule has 1 heterocycles. The van der Waals surface area contributed by atoms with Crippen molar-refractivity contribution < 1.29 is 8.42 Å². The molecule has 3 aromatic rings. The second kappa shape index (κ2) is 7.50. The van der Waals surface area contributed by atoms with Crippen molar-refractivity contribution in [3.63, 3.8) is 0 Å². The highest BCUT2D eigenvalue weighted by molar-refractivity contribution is 7.99. The molecule has 0 atom stereocenters. The minimum atomic E-state index is -3.54. The molecule has 1 aliphatic heterocycles. The van der Waals surface area contributed by atoms with Gasteiger partial charge in [0.15, 0.2) is 0 Å². The highest BCUT2D eigenvalue weighted by Gasteiger charge is 2.22. The van der Waals surface area contributed by atoms with Crippen molar-refractivity contribution in [1.29, 1.82) is 0 Å². The summed E-state index contributed by atoms with van der Waals surface area (Å²) in [7, 11) is -3.54. The number of nitrogens with one attached hydrogen (secondary N) is 1. The van der Waals surface area contributed by atoms with E-state index in [2.05, 4.69) is 16.9 Å². The molecule has 1 aliphatic rings. The smallest absolute Gasteiger partial charge is 0.211 e. The van der Waals surface area contributed by atoms with Crippen LogP contribution in [0.2, 0.25) is 0 Å². The van der Waals surface area contributed by atoms with Gasteiger partial charge in [0.1, 0.15) is 0 Å². The molecule has 4 rings (SSSR count). The van der Waals surface area contributed by atoms with Crippen molar-refractivity contribution in [2.24, 2.45) is 0 Å². The van der Waals surface area contributed by atoms with Gasteiger partial charge in [-0.25, -0.2) is 13.1 Å². The summed E-state index contributed by atoms with van der Waals surface area (Å²) in [6.07, 6.45) is 1.52. The topological polar surface area (TPSA) is 46.2 Å². The monoisotopic (exact) mass is 395 g/mol. The van der Waals surface area contributed by atoms with E-state index in [4.69, 9.17) is 0 Å². The fourth-order valence-electron chi connectivity index (χ4n) is 3.38. The lowest BCUT2D eigenvalue weighted by Gasteiger charge is -2.21. The average molecular weight is 396 g/mol. The van der Waals surface area contributed by atoms with Crippen LogP contribution in [0.5, 0.6) is 0 Å². The van der Waals surface area contributed by atoms with Gasteiger partial charge < -0.3 is 0 Å². The zero-order chi connectivity index (χ0) is 18.9. The predicted octanol–water partition coefficient (Wildman–Crippen LogP) is 4.57. The summed E-state index contributed by atoms with van der Waals surface area (Å²) in [5.41, 5.74) is 4.40. The van der Waals surface area contributed by atoms with Crippen LogP contribution < -0.4 is 4.72 Å². The maximum atomic E-state index is 12.9. The zero-order valence-electron chi connectivity index (χ0n) is 15.1. The van der Waals surface area contributed by atoms with E-state index in [9.17, 15) is 8.42 Å². The molecule has 0 aromatic heterocycles. The summed E-state index contributed by atoms with van der Waals surface area (Å²) in [4.78, 5) is 2.61. The number of hydrogen-bond acceptors (Lipinski definition) is 3. The first-order valence-electron chi connectivity index (χ1n) is 8.96. The van der Waals surface area contributed by atoms with Crippen LogP contribution in [0.25, 0.3) is 0 Å². The van der Waals surface area contributed by atoms with E-state index in [1.807, 2.05) is 61.5 Å². The molecule has 0 saturated carbocycles. The molecule has 3 nitrogen and oxygen atoms in total. The van der Waals surface area contributed by atoms with E-state index >= 15 is 0 Å². The van der Waals surface area contributed by atoms with E-state index in [0.29, 0.717) is 17.9 Å². The van der Waals surface area contributed by atoms with E-state index in [1.54, 1.807) is 11.8 Å². The third kappa shape index (κ3) is 3.95. The van der Waals surface area contributed by atoms with Crippen molar-refractivity contribution in [3.05, 3.63) is 89.0 Å². The van der Waals surface area contributed by atoms with Gasteiger partial charge >= 0.3 is 0 Å². The van der Waals surface area contributed by atoms with Crippen LogP contribution in [0.15, 0.2) is 81.4 Å². The molecule has 0 aliphatic carbocycles. The summed E-state index contributed by atoms with van der Waals surface area (Å²) >= 11 is 1.65. The molecule has 0 unspecified atom stereocenters. The van der Waals surface area contributed by atoms with Gasteiger partial charge in [0.05, 0.1) is 4.90 Å². The molecule has 0 fully saturated rings. The number of sulfonamides is 1. The van der Waals surface area contributed by atoms with Gasteiger partial charge in [0.2, 0.25) is 10.0 Å². The molecular weight excluding hydrogens is 374 g/mol. The van der Waals surface area contributed by atoms with Crippen LogP contribution >= 0.6 is 11.8 Å². The van der Waals surface area contributed by atoms with Gasteiger partial charge in [-0.1, -0.05) is 66.4 Å². The zero-order valence-corrected chi connectivity index (χ0v) is 16.7. The fraction of sp³-hybridized carbons (Fsp3) is 0.182. The first-order chi connectivity index (χ1) is 13.0. The third-order valence-electron chi connectivity index (χ3n) is 4.77. The van der Waals surface area contributed by atoms with Gasteiger partial charge in [0.25, 0.3) is 0 Å². The van der Waals surface area contributed by atoms with E-state index in [1.165, 1.54) is 16.0 Å². The Kier molecular flexibility index (Phi) is 5.08. The number of benzene rings is 3. The second-order valence-corrected chi connectivity index (χ2v) is 9.56. The summed E-state index contributed by atoms with van der Waals surface area (Å²) in [5, 5.41) is 0. The van der Waals surface area contributed by atoms with Gasteiger partial charge in [-0.15, -0.1) is 0 Å². The minimum Gasteiger partial charge on any atom is -0.211 e. The fourth-order valence-corrected chi connectivity index (χ4v) is 5.83. The highest BCUT2D eigenvalue weighted by atomic mass is 32.2. The van der Waals surface area contributed by atoms with Crippen molar-refractivity contribution >= 4 is 21.8 Å². The molecule has 0 bridgehead atoms. The summed E-state index contributed by atoms with van der Waals surface area (Å²) in [5.74, 6) is 0. The molecule has 1 N–H and O–H groups in total. The Hall–Kier alpha value is -2.08. The van der Waals surface area contributed by atoms with E-state index < -0.39 is 10.0 Å². The lowest BCUT2D eigenvalue weighted by atomic mass is 10.0. The Bertz CT molecular complexity index is 1080. The number of hydrogen-bond donors (Lipinski definition) is 1. The summed E-state index contributed by atoms with van der Waals surface area (Å²) in [6, 6.07) is 22.0. The molecule has 5 heteroatoms. The summed E-state index contributed by atoms with van der Waals surface area (Å²) < 4.78 is 28.5. The van der Waals surface area contributed by atoms with Gasteiger partial charge in [-0.2, -0.15) is 0 Å². The maximum absolute atomic E-state index is 12.9. The van der Waals surface area contributed by atoms with Crippen molar-refractivity contribution in [2.45, 2.75) is 34.5 Å². The largest absolute Gasteiger partial charge is 0.240 e. The van der Waals surface area contributed by atoms with Crippen LogP contribution in [0, 0.1) is 6.92 Å². The van der Waals surface area contributed by atoms with Gasteiger partial charge in [-0.3, -0.25) is 0 Å². The Morgan fingerprint density at radius 1 is 0.926 bits per heavy atom. The quantitative estimate of drug-likeness (QED) is 0.538. The summed E-state index contributed by atoms with van der Waals surface area (Å²) in [6.45, 7) is 2.26. The Balaban J connectivity index is 1.55.